The predicted octanol–water partition coefficient (Wildman–Crippen LogP) is 5.06. The highest BCUT2D eigenvalue weighted by molar-refractivity contribution is 7.98. The minimum Gasteiger partial charge on any atom is -0.496 e. The van der Waals surface area contributed by atoms with Gasteiger partial charge in [-0.1, -0.05) is 48.2 Å². The molecule has 1 aliphatic carbocycles. The number of fused-ring (bicyclic) bond motifs is 1. The van der Waals surface area contributed by atoms with Crippen molar-refractivity contribution in [3.8, 4) is 17.1 Å². The molecule has 27 heavy (non-hydrogen) atoms. The number of para-hydroxylation sites is 2. The SMILES string of the molecule is COc1ccccc1CSc1nnc(-c2c[nH]c3ccccc23)n1C1CC1. The Labute approximate surface area is 161 Å². The van der Waals surface area contributed by atoms with Gasteiger partial charge in [0.25, 0.3) is 0 Å². The Bertz CT molecular complexity index is 1100. The van der Waals surface area contributed by atoms with Crippen LogP contribution in [0.4, 0.5) is 0 Å². The first-order chi connectivity index (χ1) is 13.3. The van der Waals surface area contributed by atoms with Crippen molar-refractivity contribution in [2.24, 2.45) is 0 Å². The average molecular weight is 376 g/mol. The van der Waals surface area contributed by atoms with Crippen molar-refractivity contribution in [3.63, 3.8) is 0 Å². The lowest BCUT2D eigenvalue weighted by Gasteiger charge is -2.10. The second-order valence-corrected chi connectivity index (χ2v) is 7.70. The maximum atomic E-state index is 5.48. The summed E-state index contributed by atoms with van der Waals surface area (Å²) in [6.07, 6.45) is 4.42. The Morgan fingerprint density at radius 2 is 1.93 bits per heavy atom. The largest absolute Gasteiger partial charge is 0.496 e. The van der Waals surface area contributed by atoms with Gasteiger partial charge in [0.1, 0.15) is 5.75 Å². The lowest BCUT2D eigenvalue weighted by atomic mass is 10.1. The number of benzene rings is 2. The number of rotatable bonds is 6. The molecule has 0 amide bonds. The van der Waals surface area contributed by atoms with E-state index in [2.05, 4.69) is 44.0 Å². The monoisotopic (exact) mass is 376 g/mol. The van der Waals surface area contributed by atoms with Gasteiger partial charge in [0.15, 0.2) is 11.0 Å². The van der Waals surface area contributed by atoms with Crippen molar-refractivity contribution in [3.05, 3.63) is 60.3 Å². The molecule has 136 valence electrons. The smallest absolute Gasteiger partial charge is 0.192 e. The fraction of sp³-hybridized carbons (Fsp3) is 0.238. The molecule has 0 saturated heterocycles. The number of hydrogen-bond acceptors (Lipinski definition) is 4. The number of hydrogen-bond donors (Lipinski definition) is 1. The molecule has 5 nitrogen and oxygen atoms in total. The molecule has 0 unspecified atom stereocenters. The van der Waals surface area contributed by atoms with E-state index in [1.165, 1.54) is 23.8 Å². The van der Waals surface area contributed by atoms with Crippen molar-refractivity contribution in [2.45, 2.75) is 29.8 Å². The normalized spacial score (nSPS) is 14.0. The third kappa shape index (κ3) is 3.00. The molecule has 0 spiro atoms. The standard InChI is InChI=1S/C21H20N4OS/c1-26-19-9-5-2-6-14(19)13-27-21-24-23-20(25(21)15-10-11-15)17-12-22-18-8-4-3-7-16(17)18/h2-9,12,15,22H,10-11,13H2,1H3. The van der Waals surface area contributed by atoms with Crippen molar-refractivity contribution in [1.82, 2.24) is 19.7 Å². The molecule has 6 heteroatoms. The summed E-state index contributed by atoms with van der Waals surface area (Å²) < 4.78 is 7.79. The Balaban J connectivity index is 1.50. The fourth-order valence-electron chi connectivity index (χ4n) is 3.44. The van der Waals surface area contributed by atoms with Crippen molar-refractivity contribution < 1.29 is 4.74 Å². The van der Waals surface area contributed by atoms with Gasteiger partial charge in [0, 0.05) is 40.0 Å². The number of nitrogens with zero attached hydrogens (tertiary/aromatic N) is 3. The highest BCUT2D eigenvalue weighted by Gasteiger charge is 2.31. The second kappa shape index (κ2) is 6.78. The van der Waals surface area contributed by atoms with E-state index < -0.39 is 0 Å². The van der Waals surface area contributed by atoms with Gasteiger partial charge in [-0.15, -0.1) is 10.2 Å². The van der Waals surface area contributed by atoms with E-state index in [9.17, 15) is 0 Å². The molecule has 1 N–H and O–H groups in total. The zero-order chi connectivity index (χ0) is 18.2. The lowest BCUT2D eigenvalue weighted by Crippen LogP contribution is -2.00. The zero-order valence-corrected chi connectivity index (χ0v) is 15.9. The first kappa shape index (κ1) is 16.4. The molecule has 0 radical (unpaired) electrons. The van der Waals surface area contributed by atoms with Crippen LogP contribution in [0.25, 0.3) is 22.3 Å². The van der Waals surface area contributed by atoms with Gasteiger partial charge in [-0.25, -0.2) is 0 Å². The summed E-state index contributed by atoms with van der Waals surface area (Å²) in [7, 11) is 1.71. The minimum absolute atomic E-state index is 0.504. The summed E-state index contributed by atoms with van der Waals surface area (Å²) in [5.74, 6) is 2.68. The van der Waals surface area contributed by atoms with E-state index in [1.54, 1.807) is 18.9 Å². The zero-order valence-electron chi connectivity index (χ0n) is 15.1. The fourth-order valence-corrected chi connectivity index (χ4v) is 4.44. The lowest BCUT2D eigenvalue weighted by molar-refractivity contribution is 0.411. The van der Waals surface area contributed by atoms with E-state index in [0.717, 1.165) is 33.6 Å². The summed E-state index contributed by atoms with van der Waals surface area (Å²) in [5.41, 5.74) is 3.42. The molecule has 0 aliphatic heterocycles. The maximum Gasteiger partial charge on any atom is 0.192 e. The van der Waals surface area contributed by atoms with Gasteiger partial charge in [0.2, 0.25) is 0 Å². The van der Waals surface area contributed by atoms with Crippen LogP contribution in [0.1, 0.15) is 24.4 Å². The quantitative estimate of drug-likeness (QED) is 0.478. The molecular formula is C21H20N4OS. The van der Waals surface area contributed by atoms with Crippen molar-refractivity contribution >= 4 is 22.7 Å². The van der Waals surface area contributed by atoms with Gasteiger partial charge in [-0.2, -0.15) is 0 Å². The topological polar surface area (TPSA) is 55.7 Å². The average Bonchev–Trinajstić information content (AvgIpc) is 3.33. The van der Waals surface area contributed by atoms with Gasteiger partial charge in [-0.3, -0.25) is 4.57 Å². The van der Waals surface area contributed by atoms with E-state index in [-0.39, 0.29) is 0 Å². The highest BCUT2D eigenvalue weighted by Crippen LogP contribution is 2.42. The summed E-state index contributed by atoms with van der Waals surface area (Å²) in [6, 6.07) is 17.0. The highest BCUT2D eigenvalue weighted by atomic mass is 32.2. The Hall–Kier alpha value is -2.73. The predicted molar refractivity (Wildman–Crippen MR) is 108 cm³/mol. The molecule has 0 atom stereocenters. The van der Waals surface area contributed by atoms with Crippen LogP contribution in [-0.2, 0) is 5.75 Å². The number of thioether (sulfide) groups is 1. The Morgan fingerprint density at radius 1 is 1.11 bits per heavy atom. The van der Waals surface area contributed by atoms with E-state index >= 15 is 0 Å². The number of aromatic amines is 1. The molecule has 2 heterocycles. The van der Waals surface area contributed by atoms with Crippen molar-refractivity contribution in [2.75, 3.05) is 7.11 Å². The van der Waals surface area contributed by atoms with Crippen LogP contribution in [-0.4, -0.2) is 26.9 Å². The molecular weight excluding hydrogens is 356 g/mol. The molecule has 2 aromatic heterocycles. The van der Waals surface area contributed by atoms with Crippen LogP contribution in [0.3, 0.4) is 0 Å². The first-order valence-electron chi connectivity index (χ1n) is 9.11. The third-order valence-electron chi connectivity index (χ3n) is 4.96. The number of ether oxygens (including phenoxy) is 1. The van der Waals surface area contributed by atoms with Crippen LogP contribution >= 0.6 is 11.8 Å². The van der Waals surface area contributed by atoms with Crippen LogP contribution in [0.15, 0.2) is 59.9 Å². The number of methoxy groups -OCH3 is 1. The minimum atomic E-state index is 0.504. The van der Waals surface area contributed by atoms with E-state index in [0.29, 0.717) is 6.04 Å². The summed E-state index contributed by atoms with van der Waals surface area (Å²) in [5, 5.41) is 11.3. The molecule has 2 aromatic carbocycles. The molecule has 1 aliphatic rings. The first-order valence-corrected chi connectivity index (χ1v) is 10.1. The molecule has 4 aromatic rings. The number of aromatic nitrogens is 4. The maximum absolute atomic E-state index is 5.48. The Kier molecular flexibility index (Phi) is 4.13. The van der Waals surface area contributed by atoms with Crippen LogP contribution in [0.2, 0.25) is 0 Å². The van der Waals surface area contributed by atoms with Crippen LogP contribution in [0.5, 0.6) is 5.75 Å². The second-order valence-electron chi connectivity index (χ2n) is 6.76. The van der Waals surface area contributed by atoms with E-state index in [1.807, 2.05) is 30.5 Å². The third-order valence-corrected chi connectivity index (χ3v) is 5.95. The van der Waals surface area contributed by atoms with Crippen LogP contribution < -0.4 is 4.74 Å². The molecule has 5 rings (SSSR count). The van der Waals surface area contributed by atoms with Gasteiger partial charge >= 0.3 is 0 Å². The summed E-state index contributed by atoms with van der Waals surface area (Å²) in [6.45, 7) is 0. The number of nitrogens with one attached hydrogen (secondary N) is 1. The van der Waals surface area contributed by atoms with Crippen LogP contribution in [0, 0.1) is 0 Å². The Morgan fingerprint density at radius 3 is 2.78 bits per heavy atom. The van der Waals surface area contributed by atoms with E-state index in [4.69, 9.17) is 4.74 Å². The van der Waals surface area contributed by atoms with Gasteiger partial charge < -0.3 is 9.72 Å². The molecule has 1 saturated carbocycles. The van der Waals surface area contributed by atoms with Gasteiger partial charge in [0.05, 0.1) is 7.11 Å². The summed E-state index contributed by atoms with van der Waals surface area (Å²) in [4.78, 5) is 3.35. The summed E-state index contributed by atoms with van der Waals surface area (Å²) >= 11 is 1.72. The molecule has 0 bridgehead atoms. The number of H-pyrrole nitrogens is 1. The van der Waals surface area contributed by atoms with Crippen molar-refractivity contribution in [1.29, 1.82) is 0 Å². The van der Waals surface area contributed by atoms with Gasteiger partial charge in [-0.05, 0) is 25.0 Å². The molecule has 1 fully saturated rings.